The van der Waals surface area contributed by atoms with Crippen molar-refractivity contribution in [2.45, 2.75) is 77.9 Å². The van der Waals surface area contributed by atoms with Gasteiger partial charge in [0, 0.05) is 45.2 Å². The van der Waals surface area contributed by atoms with E-state index < -0.39 is 0 Å². The van der Waals surface area contributed by atoms with Gasteiger partial charge in [0.15, 0.2) is 0 Å². The molecule has 0 saturated carbocycles. The first kappa shape index (κ1) is 19.1. The van der Waals surface area contributed by atoms with Gasteiger partial charge in [0.1, 0.15) is 5.82 Å². The second-order valence-corrected chi connectivity index (χ2v) is 8.11. The average Bonchev–Trinajstić information content (AvgIpc) is 2.77. The minimum absolute atomic E-state index is 0.00479. The van der Waals surface area contributed by atoms with Crippen molar-refractivity contribution in [3.05, 3.63) is 16.3 Å². The number of amides is 1. The van der Waals surface area contributed by atoms with Gasteiger partial charge >= 0.3 is 5.69 Å². The molecule has 7 nitrogen and oxygen atoms in total. The molecule has 1 aromatic rings. The molecule has 2 aliphatic rings. The van der Waals surface area contributed by atoms with E-state index >= 15 is 0 Å². The quantitative estimate of drug-likeness (QED) is 0.834. The van der Waals surface area contributed by atoms with Crippen molar-refractivity contribution >= 4 is 5.91 Å². The van der Waals surface area contributed by atoms with Gasteiger partial charge in [0.2, 0.25) is 5.91 Å². The second kappa shape index (κ2) is 8.84. The van der Waals surface area contributed by atoms with Crippen LogP contribution in [0.2, 0.25) is 0 Å². The van der Waals surface area contributed by atoms with Crippen LogP contribution in [0.4, 0.5) is 0 Å². The van der Waals surface area contributed by atoms with Crippen LogP contribution in [-0.2, 0) is 29.0 Å². The van der Waals surface area contributed by atoms with E-state index in [0.29, 0.717) is 31.3 Å². The molecule has 26 heavy (non-hydrogen) atoms. The van der Waals surface area contributed by atoms with E-state index in [0.717, 1.165) is 57.6 Å². The van der Waals surface area contributed by atoms with Crippen molar-refractivity contribution in [2.24, 2.45) is 11.8 Å². The summed E-state index contributed by atoms with van der Waals surface area (Å²) in [5, 5.41) is 7.71. The third kappa shape index (κ3) is 4.96. The fourth-order valence-electron chi connectivity index (χ4n) is 3.80. The summed E-state index contributed by atoms with van der Waals surface area (Å²) in [5.41, 5.74) is -0.00479. The van der Waals surface area contributed by atoms with Gasteiger partial charge in [-0.1, -0.05) is 13.8 Å². The number of hydrogen-bond acceptors (Lipinski definition) is 4. The Bertz CT molecular complexity index is 658. The Kier molecular flexibility index (Phi) is 6.51. The summed E-state index contributed by atoms with van der Waals surface area (Å²) in [6.07, 6.45) is 5.88. The molecule has 3 heterocycles. The van der Waals surface area contributed by atoms with Crippen LogP contribution in [0.5, 0.6) is 0 Å². The van der Waals surface area contributed by atoms with Crippen molar-refractivity contribution in [2.75, 3.05) is 13.2 Å². The second-order valence-electron chi connectivity index (χ2n) is 8.11. The summed E-state index contributed by atoms with van der Waals surface area (Å²) in [6, 6.07) is 0.132. The topological polar surface area (TPSA) is 78.2 Å². The summed E-state index contributed by atoms with van der Waals surface area (Å²) in [5.74, 6) is 1.99. The molecule has 1 aromatic heterocycles. The van der Waals surface area contributed by atoms with Gasteiger partial charge in [-0.05, 0) is 43.9 Å². The number of aryl methyl sites for hydroxylation is 2. The molecule has 146 valence electrons. The molecule has 1 saturated heterocycles. The van der Waals surface area contributed by atoms with Crippen molar-refractivity contribution in [3.63, 3.8) is 0 Å². The Morgan fingerprint density at radius 3 is 2.77 bits per heavy atom. The van der Waals surface area contributed by atoms with E-state index in [9.17, 15) is 9.59 Å². The van der Waals surface area contributed by atoms with Gasteiger partial charge in [0.25, 0.3) is 0 Å². The maximum atomic E-state index is 12.5. The lowest BCUT2D eigenvalue weighted by Gasteiger charge is -2.23. The van der Waals surface area contributed by atoms with Gasteiger partial charge in [-0.2, -0.15) is 5.10 Å². The number of fused-ring (bicyclic) bond motifs is 1. The number of ether oxygens (including phenoxy) is 1. The first-order valence-electron chi connectivity index (χ1n) is 10.1. The van der Waals surface area contributed by atoms with Crippen molar-refractivity contribution in [1.29, 1.82) is 0 Å². The van der Waals surface area contributed by atoms with Crippen molar-refractivity contribution in [1.82, 2.24) is 19.7 Å². The Labute approximate surface area is 155 Å². The summed E-state index contributed by atoms with van der Waals surface area (Å²) < 4.78 is 8.76. The maximum absolute atomic E-state index is 12.5. The summed E-state index contributed by atoms with van der Waals surface area (Å²) >= 11 is 0. The number of carbonyl (C=O) groups is 1. The van der Waals surface area contributed by atoms with E-state index in [1.165, 1.54) is 0 Å². The normalized spacial score (nSPS) is 21.4. The Hall–Kier alpha value is -1.63. The molecule has 1 atom stereocenters. The molecule has 0 aromatic carbocycles. The molecule has 0 radical (unpaired) electrons. The molecule has 1 amide bonds. The molecule has 0 aliphatic carbocycles. The highest BCUT2D eigenvalue weighted by atomic mass is 16.5. The number of carbonyl (C=O) groups excluding carboxylic acids is 1. The number of rotatable bonds is 6. The number of hydrogen-bond donors (Lipinski definition) is 1. The third-order valence-electron chi connectivity index (χ3n) is 5.52. The van der Waals surface area contributed by atoms with Gasteiger partial charge in [0.05, 0.1) is 0 Å². The van der Waals surface area contributed by atoms with Gasteiger partial charge in [-0.25, -0.2) is 9.48 Å². The molecular weight excluding hydrogens is 332 g/mol. The van der Waals surface area contributed by atoms with E-state index in [4.69, 9.17) is 4.74 Å². The smallest absolute Gasteiger partial charge is 0.345 e. The van der Waals surface area contributed by atoms with Crippen LogP contribution in [-0.4, -0.2) is 39.5 Å². The van der Waals surface area contributed by atoms with Crippen molar-refractivity contribution < 1.29 is 9.53 Å². The largest absolute Gasteiger partial charge is 0.381 e. The number of aromatic nitrogens is 3. The average molecular weight is 364 g/mol. The summed E-state index contributed by atoms with van der Waals surface area (Å²) in [6.45, 7) is 7.16. The first-order chi connectivity index (χ1) is 12.5. The first-order valence-corrected chi connectivity index (χ1v) is 10.1. The van der Waals surface area contributed by atoms with Crippen LogP contribution in [0.15, 0.2) is 4.79 Å². The minimum Gasteiger partial charge on any atom is -0.381 e. The van der Waals surface area contributed by atoms with Crippen molar-refractivity contribution in [3.8, 4) is 0 Å². The van der Waals surface area contributed by atoms with Crippen LogP contribution in [0.1, 0.15) is 58.2 Å². The molecule has 1 unspecified atom stereocenters. The van der Waals surface area contributed by atoms with Crippen LogP contribution in [0.25, 0.3) is 0 Å². The van der Waals surface area contributed by atoms with Crippen LogP contribution < -0.4 is 11.0 Å². The zero-order valence-electron chi connectivity index (χ0n) is 16.1. The highest BCUT2D eigenvalue weighted by Gasteiger charge is 2.23. The fraction of sp³-hybridized carbons (Fsp3) is 0.842. The predicted molar refractivity (Wildman–Crippen MR) is 99.0 cm³/mol. The zero-order valence-corrected chi connectivity index (χ0v) is 16.1. The minimum atomic E-state index is -0.00479. The van der Waals surface area contributed by atoms with Gasteiger partial charge in [-0.15, -0.1) is 0 Å². The lowest BCUT2D eigenvalue weighted by atomic mass is 9.96. The van der Waals surface area contributed by atoms with E-state index in [-0.39, 0.29) is 17.6 Å². The van der Waals surface area contributed by atoms with Crippen LogP contribution >= 0.6 is 0 Å². The summed E-state index contributed by atoms with van der Waals surface area (Å²) in [4.78, 5) is 24.9. The Morgan fingerprint density at radius 2 is 2.04 bits per heavy atom. The van der Waals surface area contributed by atoms with Gasteiger partial charge < -0.3 is 10.1 Å². The van der Waals surface area contributed by atoms with E-state index in [1.807, 2.05) is 0 Å². The number of nitrogens with one attached hydrogen (secondary N) is 1. The maximum Gasteiger partial charge on any atom is 0.345 e. The number of nitrogens with zero attached hydrogens (tertiary/aromatic N) is 3. The monoisotopic (exact) mass is 364 g/mol. The lowest BCUT2D eigenvalue weighted by molar-refractivity contribution is -0.123. The Balaban J connectivity index is 1.52. The highest BCUT2D eigenvalue weighted by molar-refractivity contribution is 5.76. The molecule has 1 fully saturated rings. The van der Waals surface area contributed by atoms with E-state index in [2.05, 4.69) is 24.3 Å². The molecule has 1 N–H and O–H groups in total. The fourth-order valence-corrected chi connectivity index (χ4v) is 3.80. The molecule has 7 heteroatoms. The predicted octanol–water partition coefficient (Wildman–Crippen LogP) is 1.73. The molecule has 0 spiro atoms. The molecule has 2 aliphatic heterocycles. The van der Waals surface area contributed by atoms with Crippen LogP contribution in [0, 0.1) is 11.8 Å². The van der Waals surface area contributed by atoms with Gasteiger partial charge in [-0.3, -0.25) is 9.36 Å². The molecular formula is C19H32N4O3. The standard InChI is InChI=1S/C19H32N4O3/c1-14(2)5-10-23-19(25)22-9-6-16(3-4-17(22)21-23)20-18(24)13-15-7-11-26-12-8-15/h14-16H,3-13H2,1-2H3,(H,20,24). The van der Waals surface area contributed by atoms with Crippen LogP contribution in [0.3, 0.4) is 0 Å². The lowest BCUT2D eigenvalue weighted by Crippen LogP contribution is -2.37. The van der Waals surface area contributed by atoms with E-state index in [1.54, 1.807) is 9.25 Å². The summed E-state index contributed by atoms with van der Waals surface area (Å²) in [7, 11) is 0. The molecule has 0 bridgehead atoms. The third-order valence-corrected chi connectivity index (χ3v) is 5.52. The Morgan fingerprint density at radius 1 is 1.27 bits per heavy atom. The highest BCUT2D eigenvalue weighted by Crippen LogP contribution is 2.19. The SMILES string of the molecule is CC(C)CCn1nc2n(c1=O)CCC(NC(=O)CC1CCOCC1)CC2. The molecule has 3 rings (SSSR count). The zero-order chi connectivity index (χ0) is 18.5.